The fourth-order valence-electron chi connectivity index (χ4n) is 2.82. The highest BCUT2D eigenvalue weighted by Gasteiger charge is 2.41. The van der Waals surface area contributed by atoms with Crippen LogP contribution in [0.4, 0.5) is 10.1 Å². The maximum atomic E-state index is 14.1. The number of hydrogen-bond donors (Lipinski definition) is 1. The fraction of sp³-hybridized carbons (Fsp3) is 0.500. The summed E-state index contributed by atoms with van der Waals surface area (Å²) in [7, 11) is 0. The summed E-state index contributed by atoms with van der Waals surface area (Å²) < 4.78 is 25.4. The van der Waals surface area contributed by atoms with Crippen LogP contribution in [0.2, 0.25) is 0 Å². The molecule has 2 aliphatic heterocycles. The maximum Gasteiger partial charge on any atom is 0.335 e. The highest BCUT2D eigenvalue weighted by molar-refractivity contribution is 5.88. The zero-order valence-electron chi connectivity index (χ0n) is 11.0. The highest BCUT2D eigenvalue weighted by atomic mass is 19.1. The number of carboxylic acid groups (broad SMARTS) is 1. The largest absolute Gasteiger partial charge is 0.478 e. The molecule has 0 saturated carbocycles. The van der Waals surface area contributed by atoms with E-state index in [1.807, 2.05) is 4.90 Å². The average molecular weight is 281 g/mol. The van der Waals surface area contributed by atoms with Gasteiger partial charge in [-0.25, -0.2) is 9.18 Å². The first-order chi connectivity index (χ1) is 9.60. The number of ether oxygens (including phenoxy) is 2. The van der Waals surface area contributed by atoms with Gasteiger partial charge in [0.1, 0.15) is 5.82 Å². The SMILES string of the molecule is O=C(O)c1ccc(N2CCCC3(C2)OCCO3)c(F)c1. The standard InChI is InChI=1S/C14H16FNO4/c15-11-8-10(13(17)18)2-3-12(11)16-5-1-4-14(9-16)19-6-7-20-14/h2-3,8H,1,4-7,9H2,(H,17,18). The number of halogens is 1. The molecule has 0 amide bonds. The van der Waals surface area contributed by atoms with Gasteiger partial charge in [-0.3, -0.25) is 0 Å². The van der Waals surface area contributed by atoms with E-state index < -0.39 is 17.6 Å². The van der Waals surface area contributed by atoms with Crippen molar-refractivity contribution in [1.29, 1.82) is 0 Å². The lowest BCUT2D eigenvalue weighted by Crippen LogP contribution is -2.49. The predicted octanol–water partition coefficient (Wildman–Crippen LogP) is 1.87. The summed E-state index contributed by atoms with van der Waals surface area (Å²) >= 11 is 0. The van der Waals surface area contributed by atoms with E-state index >= 15 is 0 Å². The van der Waals surface area contributed by atoms with E-state index in [1.54, 1.807) is 0 Å². The summed E-state index contributed by atoms with van der Waals surface area (Å²) in [6.07, 6.45) is 1.65. The molecule has 6 heteroatoms. The first kappa shape index (κ1) is 13.3. The van der Waals surface area contributed by atoms with E-state index in [0.29, 0.717) is 32.0 Å². The number of aromatic carboxylic acids is 1. The molecule has 0 aromatic heterocycles. The van der Waals surface area contributed by atoms with E-state index in [1.165, 1.54) is 12.1 Å². The molecular formula is C14H16FNO4. The molecule has 0 bridgehead atoms. The Hall–Kier alpha value is -1.66. The van der Waals surface area contributed by atoms with Gasteiger partial charge in [-0.2, -0.15) is 0 Å². The molecule has 0 aliphatic carbocycles. The van der Waals surface area contributed by atoms with Gasteiger partial charge in [0.25, 0.3) is 0 Å². The van der Waals surface area contributed by atoms with E-state index in [0.717, 1.165) is 18.9 Å². The molecule has 5 nitrogen and oxygen atoms in total. The first-order valence-electron chi connectivity index (χ1n) is 6.65. The van der Waals surface area contributed by atoms with Gasteiger partial charge in [-0.15, -0.1) is 0 Å². The van der Waals surface area contributed by atoms with Gasteiger partial charge in [-0.05, 0) is 24.6 Å². The molecule has 1 aromatic rings. The Morgan fingerprint density at radius 1 is 1.35 bits per heavy atom. The van der Waals surface area contributed by atoms with Crippen LogP contribution in [-0.2, 0) is 9.47 Å². The number of benzene rings is 1. The number of carbonyl (C=O) groups is 1. The molecule has 2 heterocycles. The summed E-state index contributed by atoms with van der Waals surface area (Å²) in [4.78, 5) is 12.7. The third kappa shape index (κ3) is 2.36. The lowest BCUT2D eigenvalue weighted by molar-refractivity contribution is -0.161. The Morgan fingerprint density at radius 2 is 2.10 bits per heavy atom. The van der Waals surface area contributed by atoms with Crippen LogP contribution >= 0.6 is 0 Å². The molecule has 1 N–H and O–H groups in total. The summed E-state index contributed by atoms with van der Waals surface area (Å²) in [6.45, 7) is 2.30. The predicted molar refractivity (Wildman–Crippen MR) is 69.4 cm³/mol. The van der Waals surface area contributed by atoms with Crippen LogP contribution in [-0.4, -0.2) is 43.2 Å². The van der Waals surface area contributed by atoms with Gasteiger partial charge >= 0.3 is 5.97 Å². The molecule has 0 unspecified atom stereocenters. The molecule has 1 aromatic carbocycles. The second kappa shape index (κ2) is 5.03. The number of anilines is 1. The van der Waals surface area contributed by atoms with Crippen molar-refractivity contribution in [3.63, 3.8) is 0 Å². The van der Waals surface area contributed by atoms with Gasteiger partial charge in [0.15, 0.2) is 5.79 Å². The minimum Gasteiger partial charge on any atom is -0.478 e. The van der Waals surface area contributed by atoms with Crippen molar-refractivity contribution in [3.8, 4) is 0 Å². The monoisotopic (exact) mass is 281 g/mol. The van der Waals surface area contributed by atoms with Crippen molar-refractivity contribution in [3.05, 3.63) is 29.6 Å². The van der Waals surface area contributed by atoms with Crippen LogP contribution in [0.5, 0.6) is 0 Å². The molecular weight excluding hydrogens is 265 g/mol. The number of hydrogen-bond acceptors (Lipinski definition) is 4. The highest BCUT2D eigenvalue weighted by Crippen LogP contribution is 2.33. The Kier molecular flexibility index (Phi) is 3.35. The number of rotatable bonds is 2. The molecule has 3 rings (SSSR count). The smallest absolute Gasteiger partial charge is 0.335 e. The number of piperidine rings is 1. The van der Waals surface area contributed by atoms with E-state index in [4.69, 9.17) is 14.6 Å². The third-order valence-corrected chi connectivity index (χ3v) is 3.77. The van der Waals surface area contributed by atoms with Crippen LogP contribution in [0.3, 0.4) is 0 Å². The Bertz CT molecular complexity index is 528. The topological polar surface area (TPSA) is 59.0 Å². The van der Waals surface area contributed by atoms with Gasteiger partial charge in [0.05, 0.1) is 31.0 Å². The summed E-state index contributed by atoms with van der Waals surface area (Å²) in [5.41, 5.74) is 0.347. The van der Waals surface area contributed by atoms with Gasteiger partial charge < -0.3 is 19.5 Å². The Labute approximate surface area is 115 Å². The normalized spacial score (nSPS) is 21.4. The van der Waals surface area contributed by atoms with Crippen molar-refractivity contribution < 1.29 is 23.8 Å². The molecule has 2 fully saturated rings. The lowest BCUT2D eigenvalue weighted by Gasteiger charge is -2.39. The second-order valence-electron chi connectivity index (χ2n) is 5.10. The lowest BCUT2D eigenvalue weighted by atomic mass is 10.0. The molecule has 108 valence electrons. The van der Waals surface area contributed by atoms with Crippen LogP contribution in [0, 0.1) is 5.82 Å². The average Bonchev–Trinajstić information content (AvgIpc) is 2.86. The second-order valence-corrected chi connectivity index (χ2v) is 5.10. The van der Waals surface area contributed by atoms with Crippen LogP contribution in [0.25, 0.3) is 0 Å². The van der Waals surface area contributed by atoms with Gasteiger partial charge in [-0.1, -0.05) is 0 Å². The van der Waals surface area contributed by atoms with Crippen LogP contribution < -0.4 is 4.90 Å². The quantitative estimate of drug-likeness (QED) is 0.896. The van der Waals surface area contributed by atoms with E-state index in [2.05, 4.69) is 0 Å². The summed E-state index contributed by atoms with van der Waals surface area (Å²) in [6, 6.07) is 3.97. The minimum atomic E-state index is -1.13. The minimum absolute atomic E-state index is 0.0497. The Morgan fingerprint density at radius 3 is 2.75 bits per heavy atom. The first-order valence-corrected chi connectivity index (χ1v) is 6.65. The van der Waals surface area contributed by atoms with E-state index in [-0.39, 0.29) is 5.56 Å². The molecule has 0 radical (unpaired) electrons. The molecule has 1 spiro atoms. The summed E-state index contributed by atoms with van der Waals surface area (Å²) in [5, 5.41) is 8.86. The third-order valence-electron chi connectivity index (χ3n) is 3.77. The van der Waals surface area contributed by atoms with Crippen molar-refractivity contribution in [1.82, 2.24) is 0 Å². The molecule has 0 atom stereocenters. The number of nitrogens with zero attached hydrogens (tertiary/aromatic N) is 1. The number of carboxylic acids is 1. The maximum absolute atomic E-state index is 14.1. The zero-order valence-corrected chi connectivity index (χ0v) is 11.0. The zero-order chi connectivity index (χ0) is 14.2. The van der Waals surface area contributed by atoms with Crippen molar-refractivity contribution >= 4 is 11.7 Å². The molecule has 2 saturated heterocycles. The van der Waals surface area contributed by atoms with Crippen LogP contribution in [0.15, 0.2) is 18.2 Å². The Balaban J connectivity index is 1.83. The van der Waals surface area contributed by atoms with E-state index in [9.17, 15) is 9.18 Å². The van der Waals surface area contributed by atoms with Gasteiger partial charge in [0, 0.05) is 13.0 Å². The van der Waals surface area contributed by atoms with Gasteiger partial charge in [0.2, 0.25) is 0 Å². The molecule has 20 heavy (non-hydrogen) atoms. The van der Waals surface area contributed by atoms with Crippen molar-refractivity contribution in [2.45, 2.75) is 18.6 Å². The van der Waals surface area contributed by atoms with Crippen molar-refractivity contribution in [2.24, 2.45) is 0 Å². The fourth-order valence-corrected chi connectivity index (χ4v) is 2.82. The summed E-state index contributed by atoms with van der Waals surface area (Å²) in [5.74, 6) is -2.29. The van der Waals surface area contributed by atoms with Crippen molar-refractivity contribution in [2.75, 3.05) is 31.2 Å². The van der Waals surface area contributed by atoms with Crippen LogP contribution in [0.1, 0.15) is 23.2 Å². The molecule has 2 aliphatic rings.